The fourth-order valence-corrected chi connectivity index (χ4v) is 3.53. The Balaban J connectivity index is 4.43. The van der Waals surface area contributed by atoms with E-state index in [1.54, 1.807) is 0 Å². The summed E-state index contributed by atoms with van der Waals surface area (Å²) in [4.78, 5) is 0. The van der Waals surface area contributed by atoms with E-state index in [0.717, 1.165) is 30.2 Å². The van der Waals surface area contributed by atoms with Crippen LogP contribution in [0.4, 0.5) is 0 Å². The van der Waals surface area contributed by atoms with Gasteiger partial charge in [-0.05, 0) is 56.5 Å². The molecule has 0 heterocycles. The lowest BCUT2D eigenvalue weighted by Gasteiger charge is -2.23. The van der Waals surface area contributed by atoms with E-state index in [4.69, 9.17) is 0 Å². The van der Waals surface area contributed by atoms with Crippen molar-refractivity contribution < 1.29 is 0 Å². The van der Waals surface area contributed by atoms with Gasteiger partial charge in [-0.25, -0.2) is 0 Å². The Morgan fingerprint density at radius 2 is 1.57 bits per heavy atom. The Hall–Kier alpha value is -0.300. The molecule has 0 aliphatic rings. The number of unbranched alkanes of at least 4 members (excludes halogenated alkanes) is 3. The lowest BCUT2D eigenvalue weighted by molar-refractivity contribution is 0.353. The van der Waals surface area contributed by atoms with Crippen LogP contribution in [0.25, 0.3) is 0 Å². The Kier molecular flexibility index (Phi) is 15.0. The van der Waals surface area contributed by atoms with Crippen LogP contribution < -0.4 is 5.32 Å². The number of nitrogens with one attached hydrogen (secondary N) is 1. The summed E-state index contributed by atoms with van der Waals surface area (Å²) in [6.45, 7) is 13.0. The van der Waals surface area contributed by atoms with Gasteiger partial charge in [0, 0.05) is 0 Å². The monoisotopic (exact) mass is 323 g/mol. The zero-order chi connectivity index (χ0) is 17.5. The third kappa shape index (κ3) is 11.0. The van der Waals surface area contributed by atoms with Crippen LogP contribution in [0.15, 0.2) is 12.2 Å². The molecule has 0 spiro atoms. The molecule has 0 aromatic rings. The molecule has 0 aromatic heterocycles. The first kappa shape index (κ1) is 22.7. The summed E-state index contributed by atoms with van der Waals surface area (Å²) < 4.78 is 0. The van der Waals surface area contributed by atoms with Crippen LogP contribution in [0.3, 0.4) is 0 Å². The van der Waals surface area contributed by atoms with Gasteiger partial charge in [-0.2, -0.15) is 0 Å². The molecule has 1 heteroatoms. The van der Waals surface area contributed by atoms with Crippen LogP contribution in [-0.4, -0.2) is 13.6 Å². The van der Waals surface area contributed by atoms with Crippen molar-refractivity contribution in [2.75, 3.05) is 13.6 Å². The van der Waals surface area contributed by atoms with Gasteiger partial charge in [0.15, 0.2) is 0 Å². The number of hydrogen-bond acceptors (Lipinski definition) is 1. The Morgan fingerprint density at radius 1 is 0.826 bits per heavy atom. The van der Waals surface area contributed by atoms with E-state index in [-0.39, 0.29) is 0 Å². The minimum atomic E-state index is 0.734. The van der Waals surface area contributed by atoms with Crippen molar-refractivity contribution >= 4 is 0 Å². The third-order valence-corrected chi connectivity index (χ3v) is 5.70. The zero-order valence-corrected chi connectivity index (χ0v) is 17.0. The number of hydrogen-bond donors (Lipinski definition) is 1. The molecular weight excluding hydrogens is 278 g/mol. The molecule has 0 aromatic carbocycles. The molecule has 4 atom stereocenters. The second-order valence-corrected chi connectivity index (χ2v) is 7.56. The maximum absolute atomic E-state index is 3.28. The summed E-state index contributed by atoms with van der Waals surface area (Å²) in [5.41, 5.74) is 0. The highest BCUT2D eigenvalue weighted by molar-refractivity contribution is 4.95. The van der Waals surface area contributed by atoms with Crippen LogP contribution >= 0.6 is 0 Å². The fraction of sp³-hybridized carbons (Fsp3) is 0.909. The lowest BCUT2D eigenvalue weighted by atomic mass is 9.83. The highest BCUT2D eigenvalue weighted by atomic mass is 14.8. The first-order valence-corrected chi connectivity index (χ1v) is 10.4. The van der Waals surface area contributed by atoms with Gasteiger partial charge in [0.05, 0.1) is 0 Å². The summed E-state index contributed by atoms with van der Waals surface area (Å²) in [7, 11) is 2.06. The van der Waals surface area contributed by atoms with Gasteiger partial charge in [0.1, 0.15) is 0 Å². The molecule has 1 nitrogen and oxygen atoms in total. The molecule has 0 aliphatic carbocycles. The van der Waals surface area contributed by atoms with E-state index in [2.05, 4.69) is 59.1 Å². The van der Waals surface area contributed by atoms with Crippen LogP contribution in [0.1, 0.15) is 92.4 Å². The molecule has 0 radical (unpaired) electrons. The van der Waals surface area contributed by atoms with Crippen molar-refractivity contribution in [3.63, 3.8) is 0 Å². The van der Waals surface area contributed by atoms with Gasteiger partial charge in [0.25, 0.3) is 0 Å². The van der Waals surface area contributed by atoms with E-state index >= 15 is 0 Å². The highest BCUT2D eigenvalue weighted by Gasteiger charge is 2.15. The molecule has 0 fully saturated rings. The van der Waals surface area contributed by atoms with Crippen molar-refractivity contribution in [1.82, 2.24) is 5.32 Å². The Morgan fingerprint density at radius 3 is 2.13 bits per heavy atom. The molecule has 138 valence electrons. The first-order valence-electron chi connectivity index (χ1n) is 10.4. The highest BCUT2D eigenvalue weighted by Crippen LogP contribution is 2.27. The smallest absolute Gasteiger partial charge is 0.00517 e. The molecule has 4 unspecified atom stereocenters. The quantitative estimate of drug-likeness (QED) is 0.257. The minimum absolute atomic E-state index is 0.734. The lowest BCUT2D eigenvalue weighted by Crippen LogP contribution is -2.14. The second kappa shape index (κ2) is 15.2. The summed E-state index contributed by atoms with van der Waals surface area (Å²) in [6.07, 6.45) is 17.3. The Bertz CT molecular complexity index is 271. The second-order valence-electron chi connectivity index (χ2n) is 7.56. The van der Waals surface area contributed by atoms with Crippen molar-refractivity contribution in [3.8, 4) is 0 Å². The summed E-state index contributed by atoms with van der Waals surface area (Å²) >= 11 is 0. The van der Waals surface area contributed by atoms with Crippen molar-refractivity contribution in [2.24, 2.45) is 23.7 Å². The maximum Gasteiger partial charge on any atom is -0.00517 e. The van der Waals surface area contributed by atoms with Gasteiger partial charge in [-0.3, -0.25) is 0 Å². The minimum Gasteiger partial charge on any atom is -0.320 e. The molecule has 0 bridgehead atoms. The normalized spacial score (nSPS) is 17.3. The molecule has 0 amide bonds. The molecule has 0 saturated heterocycles. The van der Waals surface area contributed by atoms with Crippen molar-refractivity contribution in [2.45, 2.75) is 92.4 Å². The molecule has 23 heavy (non-hydrogen) atoms. The molecule has 1 N–H and O–H groups in total. The topological polar surface area (TPSA) is 12.0 Å². The van der Waals surface area contributed by atoms with Gasteiger partial charge in [-0.1, -0.05) is 85.3 Å². The SMILES string of the molecule is CCCCCCC(CC)C(C)C=CC(CCCNC)C(C)CC. The summed E-state index contributed by atoms with van der Waals surface area (Å²) in [6, 6.07) is 0. The summed E-state index contributed by atoms with van der Waals surface area (Å²) in [5.74, 6) is 3.17. The van der Waals surface area contributed by atoms with E-state index in [9.17, 15) is 0 Å². The molecule has 0 aliphatic heterocycles. The average Bonchev–Trinajstić information content (AvgIpc) is 2.57. The van der Waals surface area contributed by atoms with Crippen molar-refractivity contribution in [3.05, 3.63) is 12.2 Å². The molecule has 0 rings (SSSR count). The Labute approximate surface area is 147 Å². The third-order valence-electron chi connectivity index (χ3n) is 5.70. The van der Waals surface area contributed by atoms with E-state index in [1.807, 2.05) is 0 Å². The predicted octanol–water partition coefficient (Wildman–Crippen LogP) is 6.84. The first-order chi connectivity index (χ1) is 11.1. The number of allylic oxidation sites excluding steroid dienone is 2. The van der Waals surface area contributed by atoms with Gasteiger partial charge >= 0.3 is 0 Å². The zero-order valence-electron chi connectivity index (χ0n) is 17.0. The van der Waals surface area contributed by atoms with E-state index in [1.165, 1.54) is 57.8 Å². The fourth-order valence-electron chi connectivity index (χ4n) is 3.53. The number of rotatable bonds is 15. The largest absolute Gasteiger partial charge is 0.320 e. The van der Waals surface area contributed by atoms with Gasteiger partial charge in [0.2, 0.25) is 0 Å². The summed E-state index contributed by atoms with van der Waals surface area (Å²) in [5, 5.41) is 3.28. The van der Waals surface area contributed by atoms with Crippen LogP contribution in [0.5, 0.6) is 0 Å². The van der Waals surface area contributed by atoms with E-state index in [0.29, 0.717) is 0 Å². The van der Waals surface area contributed by atoms with Gasteiger partial charge < -0.3 is 5.32 Å². The van der Waals surface area contributed by atoms with Crippen molar-refractivity contribution in [1.29, 1.82) is 0 Å². The molecule has 0 saturated carbocycles. The van der Waals surface area contributed by atoms with Crippen LogP contribution in [-0.2, 0) is 0 Å². The van der Waals surface area contributed by atoms with Crippen LogP contribution in [0, 0.1) is 23.7 Å². The average molecular weight is 324 g/mol. The maximum atomic E-state index is 3.28. The van der Waals surface area contributed by atoms with Gasteiger partial charge in [-0.15, -0.1) is 0 Å². The van der Waals surface area contributed by atoms with Crippen LogP contribution in [0.2, 0.25) is 0 Å². The molecular formula is C22H45N. The van der Waals surface area contributed by atoms with E-state index < -0.39 is 0 Å². The standard InChI is InChI=1S/C22H45N/c1-7-10-11-12-14-21(9-3)20(5)16-17-22(19(4)8-2)15-13-18-23-6/h16-17,19-23H,7-15,18H2,1-6H3. The predicted molar refractivity (Wildman–Crippen MR) is 107 cm³/mol.